The van der Waals surface area contributed by atoms with Crippen molar-refractivity contribution in [3.8, 4) is 11.3 Å². The van der Waals surface area contributed by atoms with Crippen LogP contribution in [0.3, 0.4) is 0 Å². The number of hydrogen-bond donors (Lipinski definition) is 1. The van der Waals surface area contributed by atoms with E-state index in [0.717, 1.165) is 34.9 Å². The monoisotopic (exact) mass is 384 g/mol. The Kier molecular flexibility index (Phi) is 4.20. The fourth-order valence-corrected chi connectivity index (χ4v) is 3.79. The van der Waals surface area contributed by atoms with Crippen LogP contribution >= 0.6 is 0 Å². The largest absolute Gasteiger partial charge is 0.340 e. The van der Waals surface area contributed by atoms with Crippen molar-refractivity contribution in [3.05, 3.63) is 66.5 Å². The summed E-state index contributed by atoms with van der Waals surface area (Å²) in [6, 6.07) is 18.1. The molecule has 2 aromatic heterocycles. The highest BCUT2D eigenvalue weighted by atomic mass is 16.2. The lowest BCUT2D eigenvalue weighted by molar-refractivity contribution is -0.118. The molecule has 5 rings (SSSR count). The van der Waals surface area contributed by atoms with Crippen molar-refractivity contribution in [1.82, 2.24) is 19.6 Å². The summed E-state index contributed by atoms with van der Waals surface area (Å²) < 4.78 is 1.69. The van der Waals surface area contributed by atoms with E-state index in [4.69, 9.17) is 0 Å². The fraction of sp³-hybridized carbons (Fsp3) is 0.182. The first-order chi connectivity index (χ1) is 14.2. The Bertz CT molecular complexity index is 1200. The number of fused-ring (bicyclic) bond motifs is 2. The number of nitrogens with zero attached hydrogens (tertiary/aromatic N) is 5. The molecule has 0 saturated carbocycles. The highest BCUT2D eigenvalue weighted by Crippen LogP contribution is 2.31. The molecule has 0 radical (unpaired) electrons. The third-order valence-electron chi connectivity index (χ3n) is 5.19. The predicted molar refractivity (Wildman–Crippen MR) is 112 cm³/mol. The zero-order valence-electron chi connectivity index (χ0n) is 16.0. The predicted octanol–water partition coefficient (Wildman–Crippen LogP) is 3.83. The second-order valence-corrected chi connectivity index (χ2v) is 6.97. The van der Waals surface area contributed by atoms with Crippen LogP contribution in [-0.2, 0) is 11.2 Å². The Balaban J connectivity index is 1.54. The Morgan fingerprint density at radius 1 is 1.07 bits per heavy atom. The van der Waals surface area contributed by atoms with Crippen molar-refractivity contribution >= 4 is 28.9 Å². The summed E-state index contributed by atoms with van der Waals surface area (Å²) >= 11 is 0. The molecule has 29 heavy (non-hydrogen) atoms. The number of aryl methyl sites for hydroxylation is 1. The molecule has 0 atom stereocenters. The molecule has 0 saturated heterocycles. The van der Waals surface area contributed by atoms with Gasteiger partial charge in [-0.15, -0.1) is 0 Å². The van der Waals surface area contributed by atoms with E-state index in [9.17, 15) is 4.79 Å². The summed E-state index contributed by atoms with van der Waals surface area (Å²) in [6.45, 7) is 2.69. The lowest BCUT2D eigenvalue weighted by Crippen LogP contribution is -2.34. The maximum absolute atomic E-state index is 12.1. The summed E-state index contributed by atoms with van der Waals surface area (Å²) in [5.74, 6) is 1.51. The van der Waals surface area contributed by atoms with Crippen LogP contribution in [-0.4, -0.2) is 32.0 Å². The standard InChI is InChI=1S/C22H20N6O/c1-2-27-19-10-9-17(12-16(19)8-11-21(27)29)25-20-13-18(15-6-4-3-5-7-15)26-22-23-14-24-28(20)22/h3-7,9-10,12-14,25H,2,8,11H2,1H3. The second-order valence-electron chi connectivity index (χ2n) is 6.97. The second kappa shape index (κ2) is 7.01. The van der Waals surface area contributed by atoms with E-state index in [1.54, 1.807) is 4.52 Å². The molecule has 1 amide bonds. The molecule has 1 aliphatic heterocycles. The van der Waals surface area contributed by atoms with E-state index >= 15 is 0 Å². The SMILES string of the molecule is CCN1C(=O)CCc2cc(Nc3cc(-c4ccccc4)nc4ncnn34)ccc21. The third-order valence-corrected chi connectivity index (χ3v) is 5.19. The van der Waals surface area contributed by atoms with Gasteiger partial charge in [0.1, 0.15) is 12.1 Å². The first kappa shape index (κ1) is 17.4. The van der Waals surface area contributed by atoms with Crippen molar-refractivity contribution in [3.63, 3.8) is 0 Å². The zero-order valence-corrected chi connectivity index (χ0v) is 16.0. The number of aromatic nitrogens is 4. The quantitative estimate of drug-likeness (QED) is 0.579. The normalized spacial score (nSPS) is 13.6. The van der Waals surface area contributed by atoms with Crippen LogP contribution in [0.5, 0.6) is 0 Å². The minimum Gasteiger partial charge on any atom is -0.340 e. The van der Waals surface area contributed by atoms with Gasteiger partial charge in [0, 0.05) is 36.0 Å². The van der Waals surface area contributed by atoms with Gasteiger partial charge >= 0.3 is 0 Å². The molecule has 0 fully saturated rings. The lowest BCUT2D eigenvalue weighted by atomic mass is 10.0. The molecule has 7 nitrogen and oxygen atoms in total. The van der Waals surface area contributed by atoms with E-state index in [0.29, 0.717) is 18.7 Å². The molecule has 0 unspecified atom stereocenters. The molecule has 0 spiro atoms. The molecule has 1 N–H and O–H groups in total. The minimum atomic E-state index is 0.187. The number of rotatable bonds is 4. The Labute approximate surface area is 168 Å². The number of hydrogen-bond acceptors (Lipinski definition) is 5. The summed E-state index contributed by atoms with van der Waals surface area (Å²) in [6.07, 6.45) is 2.80. The highest BCUT2D eigenvalue weighted by molar-refractivity contribution is 5.96. The van der Waals surface area contributed by atoms with Gasteiger partial charge in [-0.05, 0) is 37.1 Å². The molecule has 2 aromatic carbocycles. The maximum Gasteiger partial charge on any atom is 0.254 e. The van der Waals surface area contributed by atoms with Crippen molar-refractivity contribution in [2.75, 3.05) is 16.8 Å². The van der Waals surface area contributed by atoms with E-state index in [1.165, 1.54) is 11.9 Å². The Morgan fingerprint density at radius 3 is 2.76 bits per heavy atom. The number of carbonyl (C=O) groups is 1. The number of nitrogens with one attached hydrogen (secondary N) is 1. The average Bonchev–Trinajstić information content (AvgIpc) is 3.23. The van der Waals surface area contributed by atoms with Crippen LogP contribution in [0.2, 0.25) is 0 Å². The maximum atomic E-state index is 12.1. The average molecular weight is 384 g/mol. The molecule has 4 aromatic rings. The first-order valence-corrected chi connectivity index (χ1v) is 9.69. The van der Waals surface area contributed by atoms with Gasteiger partial charge in [0.2, 0.25) is 5.91 Å². The summed E-state index contributed by atoms with van der Waals surface area (Å²) in [5, 5.41) is 7.75. The number of amides is 1. The van der Waals surface area contributed by atoms with Gasteiger partial charge in [-0.3, -0.25) is 4.79 Å². The van der Waals surface area contributed by atoms with E-state index in [1.807, 2.05) is 60.4 Å². The minimum absolute atomic E-state index is 0.187. The van der Waals surface area contributed by atoms with Gasteiger partial charge in [0.05, 0.1) is 5.69 Å². The summed E-state index contributed by atoms with van der Waals surface area (Å²) in [5.41, 5.74) is 4.96. The van der Waals surface area contributed by atoms with Crippen LogP contribution < -0.4 is 10.2 Å². The molecule has 1 aliphatic rings. The smallest absolute Gasteiger partial charge is 0.254 e. The molecule has 0 bridgehead atoms. The zero-order chi connectivity index (χ0) is 19.8. The summed E-state index contributed by atoms with van der Waals surface area (Å²) in [7, 11) is 0. The Hall–Kier alpha value is -3.74. The van der Waals surface area contributed by atoms with Gasteiger partial charge in [0.25, 0.3) is 5.78 Å². The topological polar surface area (TPSA) is 75.4 Å². The van der Waals surface area contributed by atoms with Gasteiger partial charge in [-0.2, -0.15) is 14.6 Å². The van der Waals surface area contributed by atoms with Crippen molar-refractivity contribution in [2.24, 2.45) is 0 Å². The van der Waals surface area contributed by atoms with E-state index < -0.39 is 0 Å². The molecule has 144 valence electrons. The van der Waals surface area contributed by atoms with Gasteiger partial charge in [0.15, 0.2) is 0 Å². The van der Waals surface area contributed by atoms with Gasteiger partial charge < -0.3 is 10.2 Å². The van der Waals surface area contributed by atoms with Crippen LogP contribution in [0.1, 0.15) is 18.9 Å². The molecular formula is C22H20N6O. The third kappa shape index (κ3) is 3.10. The summed E-state index contributed by atoms with van der Waals surface area (Å²) in [4.78, 5) is 22.9. The highest BCUT2D eigenvalue weighted by Gasteiger charge is 2.23. The molecule has 0 aliphatic carbocycles. The van der Waals surface area contributed by atoms with E-state index in [2.05, 4.69) is 26.4 Å². The number of carbonyl (C=O) groups excluding carboxylic acids is 1. The van der Waals surface area contributed by atoms with Crippen molar-refractivity contribution in [1.29, 1.82) is 0 Å². The van der Waals surface area contributed by atoms with Crippen LogP contribution in [0.4, 0.5) is 17.2 Å². The fourth-order valence-electron chi connectivity index (χ4n) is 3.79. The number of anilines is 3. The van der Waals surface area contributed by atoms with Crippen molar-refractivity contribution < 1.29 is 4.79 Å². The van der Waals surface area contributed by atoms with E-state index in [-0.39, 0.29) is 5.91 Å². The number of benzene rings is 2. The van der Waals surface area contributed by atoms with Crippen LogP contribution in [0.25, 0.3) is 17.0 Å². The molecular weight excluding hydrogens is 364 g/mol. The van der Waals surface area contributed by atoms with Crippen LogP contribution in [0.15, 0.2) is 60.9 Å². The molecule has 7 heteroatoms. The van der Waals surface area contributed by atoms with Gasteiger partial charge in [-0.25, -0.2) is 4.98 Å². The molecule has 3 heterocycles. The Morgan fingerprint density at radius 2 is 1.93 bits per heavy atom. The lowest BCUT2D eigenvalue weighted by Gasteiger charge is -2.28. The first-order valence-electron chi connectivity index (χ1n) is 9.69. The van der Waals surface area contributed by atoms with Gasteiger partial charge in [-0.1, -0.05) is 30.3 Å². The van der Waals surface area contributed by atoms with Crippen LogP contribution in [0, 0.1) is 0 Å². The van der Waals surface area contributed by atoms with Crippen molar-refractivity contribution in [2.45, 2.75) is 19.8 Å².